The summed E-state index contributed by atoms with van der Waals surface area (Å²) >= 11 is 6.15. The number of ketones is 2. The molecule has 192 valence electrons. The summed E-state index contributed by atoms with van der Waals surface area (Å²) in [5.74, 6) is -1.53. The molecule has 1 N–H and O–H groups in total. The molecule has 0 aliphatic carbocycles. The number of benzene rings is 3. The standard InChI is InChI=1S/C32H29ClN2O3/c1-18-17-25-32(22-10-6-7-11-23(22)34-30(32)38)26(28(36)19-13-15-20(33)16-14-19)27(29(37)31(2,3)4)35(25)24-12-8-5-9-21(18)24/h5-17,25-27H,1-4H3,(H,34,38)/t25-,26-,27+,32+/m0/s1. The molecule has 1 amide bonds. The van der Waals surface area contributed by atoms with Crippen molar-refractivity contribution in [3.8, 4) is 0 Å². The number of fused-ring (bicyclic) bond motifs is 6. The van der Waals surface area contributed by atoms with Gasteiger partial charge in [-0.25, -0.2) is 0 Å². The van der Waals surface area contributed by atoms with Crippen molar-refractivity contribution in [2.75, 3.05) is 10.2 Å². The number of rotatable bonds is 3. The second-order valence-electron chi connectivity index (χ2n) is 11.5. The molecule has 1 saturated heterocycles. The van der Waals surface area contributed by atoms with Crippen molar-refractivity contribution >= 4 is 46.0 Å². The molecule has 3 aromatic rings. The van der Waals surface area contributed by atoms with Gasteiger partial charge in [-0.05, 0) is 54.5 Å². The Hall–Kier alpha value is -3.70. The number of para-hydroxylation sites is 2. The van der Waals surface area contributed by atoms with Gasteiger partial charge in [-0.3, -0.25) is 14.4 Å². The van der Waals surface area contributed by atoms with Crippen LogP contribution in [0.15, 0.2) is 78.9 Å². The van der Waals surface area contributed by atoms with Crippen molar-refractivity contribution in [1.29, 1.82) is 0 Å². The molecule has 6 heteroatoms. The zero-order valence-corrected chi connectivity index (χ0v) is 22.5. The molecule has 3 aliphatic rings. The van der Waals surface area contributed by atoms with Crippen molar-refractivity contribution in [2.24, 2.45) is 11.3 Å². The van der Waals surface area contributed by atoms with Crippen LogP contribution in [0.2, 0.25) is 5.02 Å². The number of carbonyl (C=O) groups excluding carboxylic acids is 3. The van der Waals surface area contributed by atoms with Crippen molar-refractivity contribution in [3.05, 3.63) is 101 Å². The van der Waals surface area contributed by atoms with Gasteiger partial charge in [0.25, 0.3) is 0 Å². The van der Waals surface area contributed by atoms with Crippen LogP contribution in [0.25, 0.3) is 5.57 Å². The third kappa shape index (κ3) is 3.27. The van der Waals surface area contributed by atoms with Crippen LogP contribution >= 0.6 is 11.6 Å². The first kappa shape index (κ1) is 24.6. The van der Waals surface area contributed by atoms with E-state index >= 15 is 0 Å². The molecule has 0 saturated carbocycles. The van der Waals surface area contributed by atoms with Crippen LogP contribution in [0.1, 0.15) is 49.2 Å². The van der Waals surface area contributed by atoms with Gasteiger partial charge in [0.1, 0.15) is 11.5 Å². The lowest BCUT2D eigenvalue weighted by molar-refractivity contribution is -0.128. The van der Waals surface area contributed by atoms with E-state index in [1.807, 2.05) is 76.2 Å². The van der Waals surface area contributed by atoms with E-state index in [2.05, 4.69) is 16.3 Å². The highest BCUT2D eigenvalue weighted by Gasteiger charge is 2.71. The summed E-state index contributed by atoms with van der Waals surface area (Å²) in [6.07, 6.45) is 2.07. The molecule has 3 aliphatic heterocycles. The lowest BCUT2D eigenvalue weighted by Crippen LogP contribution is -2.51. The first-order chi connectivity index (χ1) is 18.1. The molecule has 0 aromatic heterocycles. The number of carbonyl (C=O) groups is 3. The zero-order chi connectivity index (χ0) is 27.0. The van der Waals surface area contributed by atoms with Gasteiger partial charge in [-0.15, -0.1) is 0 Å². The van der Waals surface area contributed by atoms with E-state index in [0.29, 0.717) is 16.3 Å². The molecule has 0 unspecified atom stereocenters. The molecular weight excluding hydrogens is 496 g/mol. The number of allylic oxidation sites excluding steroid dienone is 1. The van der Waals surface area contributed by atoms with E-state index < -0.39 is 28.8 Å². The fourth-order valence-corrected chi connectivity index (χ4v) is 6.75. The maximum atomic E-state index is 14.6. The lowest BCUT2D eigenvalue weighted by atomic mass is 9.63. The molecule has 5 nitrogen and oxygen atoms in total. The summed E-state index contributed by atoms with van der Waals surface area (Å²) in [7, 11) is 0. The molecule has 0 bridgehead atoms. The highest BCUT2D eigenvalue weighted by molar-refractivity contribution is 6.30. The van der Waals surface area contributed by atoms with Crippen molar-refractivity contribution in [3.63, 3.8) is 0 Å². The van der Waals surface area contributed by atoms with E-state index in [1.54, 1.807) is 24.3 Å². The summed E-state index contributed by atoms with van der Waals surface area (Å²) in [6, 6.07) is 20.8. The van der Waals surface area contributed by atoms with Crippen LogP contribution in [-0.2, 0) is 15.0 Å². The highest BCUT2D eigenvalue weighted by atomic mass is 35.5. The number of hydrogen-bond acceptors (Lipinski definition) is 4. The largest absolute Gasteiger partial charge is 0.352 e. The second kappa shape index (κ2) is 8.40. The van der Waals surface area contributed by atoms with Crippen LogP contribution in [0.5, 0.6) is 0 Å². The SMILES string of the molecule is CC1=C[C@@H]2N(c3ccccc31)[C@@H](C(=O)C(C)(C)C)[C@@H](C(=O)c1ccc(Cl)cc1)[C@]21C(=O)Nc2ccccc21. The van der Waals surface area contributed by atoms with Crippen molar-refractivity contribution in [2.45, 2.75) is 45.2 Å². The summed E-state index contributed by atoms with van der Waals surface area (Å²) in [5, 5.41) is 3.58. The number of nitrogens with zero attached hydrogens (tertiary/aromatic N) is 1. The van der Waals surface area contributed by atoms with Gasteiger partial charge in [0.15, 0.2) is 11.6 Å². The number of halogens is 1. The Morgan fingerprint density at radius 3 is 2.32 bits per heavy atom. The number of nitrogens with one attached hydrogen (secondary N) is 1. The Kier molecular flexibility index (Phi) is 5.45. The minimum absolute atomic E-state index is 0.0772. The lowest BCUT2D eigenvalue weighted by Gasteiger charge is -2.39. The average molecular weight is 525 g/mol. The fraction of sp³-hybridized carbons (Fsp3) is 0.281. The molecule has 38 heavy (non-hydrogen) atoms. The highest BCUT2D eigenvalue weighted by Crippen LogP contribution is 2.59. The van der Waals surface area contributed by atoms with Crippen molar-refractivity contribution < 1.29 is 14.4 Å². The van der Waals surface area contributed by atoms with E-state index in [0.717, 1.165) is 22.4 Å². The van der Waals surface area contributed by atoms with Gasteiger partial charge in [0, 0.05) is 32.9 Å². The van der Waals surface area contributed by atoms with Gasteiger partial charge in [0.05, 0.1) is 12.0 Å². The smallest absolute Gasteiger partial charge is 0.238 e. The Morgan fingerprint density at radius 2 is 1.61 bits per heavy atom. The Balaban J connectivity index is 1.70. The van der Waals surface area contributed by atoms with Crippen LogP contribution in [-0.4, -0.2) is 29.6 Å². The fourth-order valence-electron chi connectivity index (χ4n) is 6.62. The number of Topliss-reactive ketones (excluding diaryl/α,β-unsaturated/α-hetero) is 2. The number of hydrogen-bond donors (Lipinski definition) is 1. The molecule has 3 aromatic carbocycles. The molecule has 4 atom stereocenters. The van der Waals surface area contributed by atoms with Crippen LogP contribution in [0.3, 0.4) is 0 Å². The summed E-state index contributed by atoms with van der Waals surface area (Å²) in [6.45, 7) is 7.65. The van der Waals surface area contributed by atoms with Crippen LogP contribution < -0.4 is 10.2 Å². The minimum atomic E-state index is -1.30. The molecule has 1 spiro atoms. The number of anilines is 2. The third-order valence-electron chi connectivity index (χ3n) is 8.30. The second-order valence-corrected chi connectivity index (χ2v) is 11.9. The maximum Gasteiger partial charge on any atom is 0.238 e. The summed E-state index contributed by atoms with van der Waals surface area (Å²) < 4.78 is 0. The molecular formula is C32H29ClN2O3. The summed E-state index contributed by atoms with van der Waals surface area (Å²) in [5.41, 5.74) is 2.68. The molecule has 3 heterocycles. The molecule has 1 fully saturated rings. The maximum absolute atomic E-state index is 14.6. The summed E-state index contributed by atoms with van der Waals surface area (Å²) in [4.78, 5) is 45.4. The van der Waals surface area contributed by atoms with Gasteiger partial charge in [-0.1, -0.05) is 74.8 Å². The monoisotopic (exact) mass is 524 g/mol. The minimum Gasteiger partial charge on any atom is -0.352 e. The van der Waals surface area contributed by atoms with Gasteiger partial charge in [0.2, 0.25) is 5.91 Å². The van der Waals surface area contributed by atoms with Gasteiger partial charge in [-0.2, -0.15) is 0 Å². The Labute approximate surface area is 227 Å². The molecule has 0 radical (unpaired) electrons. The zero-order valence-electron chi connectivity index (χ0n) is 21.8. The number of amides is 1. The first-order valence-corrected chi connectivity index (χ1v) is 13.3. The topological polar surface area (TPSA) is 66.5 Å². The van der Waals surface area contributed by atoms with Crippen LogP contribution in [0.4, 0.5) is 11.4 Å². The van der Waals surface area contributed by atoms with E-state index in [1.165, 1.54) is 0 Å². The van der Waals surface area contributed by atoms with Gasteiger partial charge >= 0.3 is 0 Å². The third-order valence-corrected chi connectivity index (χ3v) is 8.55. The van der Waals surface area contributed by atoms with Crippen LogP contribution in [0, 0.1) is 11.3 Å². The normalized spacial score (nSPS) is 25.4. The Morgan fingerprint density at radius 1 is 0.947 bits per heavy atom. The van der Waals surface area contributed by atoms with E-state index in [4.69, 9.17) is 11.6 Å². The predicted octanol–water partition coefficient (Wildman–Crippen LogP) is 6.32. The van der Waals surface area contributed by atoms with E-state index in [-0.39, 0.29) is 17.5 Å². The molecule has 6 rings (SSSR count). The van der Waals surface area contributed by atoms with Crippen molar-refractivity contribution in [1.82, 2.24) is 0 Å². The van der Waals surface area contributed by atoms with Gasteiger partial charge < -0.3 is 10.2 Å². The Bertz CT molecular complexity index is 1530. The quantitative estimate of drug-likeness (QED) is 0.407. The predicted molar refractivity (Wildman–Crippen MR) is 151 cm³/mol. The average Bonchev–Trinajstić information content (AvgIpc) is 3.36. The van der Waals surface area contributed by atoms with E-state index in [9.17, 15) is 14.4 Å². The first-order valence-electron chi connectivity index (χ1n) is 12.9.